The van der Waals surface area contributed by atoms with Gasteiger partial charge in [-0.05, 0) is 32.6 Å². The normalized spacial score (nSPS) is 15.1. The van der Waals surface area contributed by atoms with Crippen LogP contribution >= 0.6 is 0 Å². The van der Waals surface area contributed by atoms with E-state index in [4.69, 9.17) is 26.8 Å². The van der Waals surface area contributed by atoms with Crippen LogP contribution in [-0.2, 0) is 24.0 Å². The van der Waals surface area contributed by atoms with Crippen LogP contribution in [0.3, 0.4) is 0 Å². The molecule has 0 unspecified atom stereocenters. The Labute approximate surface area is 155 Å². The quantitative estimate of drug-likeness (QED) is 0.180. The summed E-state index contributed by atoms with van der Waals surface area (Å²) in [5, 5.41) is 30.9. The number of carbonyl (C=O) groups is 5. The summed E-state index contributed by atoms with van der Waals surface area (Å²) in [6, 6.07) is -4.68. The number of aliphatic carboxylic acids is 3. The maximum Gasteiger partial charge on any atom is 0.325 e. The first kappa shape index (κ1) is 24.3. The molecule has 0 heterocycles. The molecule has 154 valence electrons. The molecule has 0 aromatic carbocycles. The van der Waals surface area contributed by atoms with Gasteiger partial charge in [-0.25, -0.2) is 0 Å². The van der Waals surface area contributed by atoms with Crippen molar-refractivity contribution in [3.8, 4) is 0 Å². The zero-order valence-corrected chi connectivity index (χ0v) is 14.9. The van der Waals surface area contributed by atoms with Crippen molar-refractivity contribution in [3.63, 3.8) is 0 Å². The molecule has 0 aromatic heterocycles. The van der Waals surface area contributed by atoms with E-state index in [2.05, 4.69) is 10.6 Å². The molecular weight excluding hydrogens is 364 g/mol. The lowest BCUT2D eigenvalue weighted by Gasteiger charge is -2.20. The van der Waals surface area contributed by atoms with Gasteiger partial charge in [-0.15, -0.1) is 0 Å². The molecule has 27 heavy (non-hydrogen) atoms. The van der Waals surface area contributed by atoms with Crippen LogP contribution in [0.1, 0.15) is 39.0 Å². The molecule has 0 aliphatic rings. The van der Waals surface area contributed by atoms with E-state index in [0.29, 0.717) is 0 Å². The van der Waals surface area contributed by atoms with E-state index in [-0.39, 0.29) is 32.1 Å². The predicted molar refractivity (Wildman–Crippen MR) is 91.5 cm³/mol. The van der Waals surface area contributed by atoms with Crippen LogP contribution in [-0.4, -0.2) is 69.2 Å². The van der Waals surface area contributed by atoms with Gasteiger partial charge in [0, 0.05) is 6.42 Å². The summed E-state index contributed by atoms with van der Waals surface area (Å²) in [6.45, 7) is 1.24. The van der Waals surface area contributed by atoms with Crippen molar-refractivity contribution in [3.05, 3.63) is 0 Å². The molecule has 0 rings (SSSR count). The Morgan fingerprint density at radius 3 is 1.81 bits per heavy atom. The summed E-state index contributed by atoms with van der Waals surface area (Å²) in [7, 11) is 0. The van der Waals surface area contributed by atoms with Gasteiger partial charge in [0.15, 0.2) is 0 Å². The van der Waals surface area contributed by atoms with Crippen molar-refractivity contribution < 1.29 is 39.3 Å². The zero-order valence-electron chi connectivity index (χ0n) is 14.9. The molecule has 4 atom stereocenters. The lowest BCUT2D eigenvalue weighted by molar-refractivity contribution is -0.142. The Kier molecular flexibility index (Phi) is 10.6. The number of rotatable bonds is 13. The molecule has 0 fully saturated rings. The van der Waals surface area contributed by atoms with Gasteiger partial charge in [-0.3, -0.25) is 24.0 Å². The standard InChI is InChI=1S/C15H26N4O8/c1-7(13(22)23)18-12(21)10(4-2-3-8(16)14(24)25)19-11(20)6-5-9(17)15(26)27/h7-10H,2-6,16-17H2,1H3,(H,18,21)(H,19,20)(H,22,23)(H,24,25)(H,26,27)/t7-,8-,9-,10+/m1/s1. The lowest BCUT2D eigenvalue weighted by atomic mass is 10.0. The number of hydrogen-bond acceptors (Lipinski definition) is 7. The van der Waals surface area contributed by atoms with Crippen molar-refractivity contribution in [2.45, 2.75) is 63.2 Å². The second-order valence-electron chi connectivity index (χ2n) is 6.05. The largest absolute Gasteiger partial charge is 0.480 e. The Balaban J connectivity index is 4.82. The van der Waals surface area contributed by atoms with Gasteiger partial charge in [0.05, 0.1) is 0 Å². The molecule has 0 saturated carbocycles. The molecule has 0 radical (unpaired) electrons. The second kappa shape index (κ2) is 11.8. The number of nitrogens with one attached hydrogen (secondary N) is 2. The molecule has 0 aliphatic carbocycles. The smallest absolute Gasteiger partial charge is 0.325 e. The summed E-state index contributed by atoms with van der Waals surface area (Å²) in [4.78, 5) is 56.3. The number of carboxylic acids is 3. The fourth-order valence-electron chi connectivity index (χ4n) is 1.99. The van der Waals surface area contributed by atoms with Crippen LogP contribution in [0.15, 0.2) is 0 Å². The summed E-state index contributed by atoms with van der Waals surface area (Å²) in [5.74, 6) is -5.15. The molecule has 0 aromatic rings. The van der Waals surface area contributed by atoms with Gasteiger partial charge in [0.1, 0.15) is 24.2 Å². The molecule has 0 saturated heterocycles. The number of nitrogens with two attached hydrogens (primary N) is 2. The first-order valence-electron chi connectivity index (χ1n) is 8.25. The maximum atomic E-state index is 12.2. The molecule has 0 bridgehead atoms. The number of amides is 2. The van der Waals surface area contributed by atoms with Gasteiger partial charge in [-0.2, -0.15) is 0 Å². The lowest BCUT2D eigenvalue weighted by Crippen LogP contribution is -2.51. The van der Waals surface area contributed by atoms with E-state index in [9.17, 15) is 24.0 Å². The first-order valence-corrected chi connectivity index (χ1v) is 8.25. The van der Waals surface area contributed by atoms with Gasteiger partial charge >= 0.3 is 17.9 Å². The number of carboxylic acid groups (broad SMARTS) is 3. The summed E-state index contributed by atoms with van der Waals surface area (Å²) < 4.78 is 0. The first-order chi connectivity index (χ1) is 12.5. The molecule has 0 spiro atoms. The fourth-order valence-corrected chi connectivity index (χ4v) is 1.99. The van der Waals surface area contributed by atoms with Gasteiger partial charge in [-0.1, -0.05) is 0 Å². The monoisotopic (exact) mass is 390 g/mol. The highest BCUT2D eigenvalue weighted by atomic mass is 16.4. The van der Waals surface area contributed by atoms with Crippen molar-refractivity contribution in [2.24, 2.45) is 11.5 Å². The molecule has 2 amide bonds. The molecule has 12 heteroatoms. The fraction of sp³-hybridized carbons (Fsp3) is 0.667. The third-order valence-corrected chi connectivity index (χ3v) is 3.71. The third kappa shape index (κ3) is 10.1. The molecule has 9 N–H and O–H groups in total. The Hall–Kier alpha value is -2.73. The van der Waals surface area contributed by atoms with E-state index in [0.717, 1.165) is 0 Å². The van der Waals surface area contributed by atoms with E-state index in [1.807, 2.05) is 0 Å². The topological polar surface area (TPSA) is 222 Å². The van der Waals surface area contributed by atoms with Crippen molar-refractivity contribution in [1.29, 1.82) is 0 Å². The van der Waals surface area contributed by atoms with Gasteiger partial charge in [0.2, 0.25) is 11.8 Å². The number of carbonyl (C=O) groups excluding carboxylic acids is 2. The SMILES string of the molecule is C[C@@H](NC(=O)[C@H](CCC[C@@H](N)C(=O)O)NC(=O)CC[C@@H](N)C(=O)O)C(=O)O. The van der Waals surface area contributed by atoms with E-state index in [1.54, 1.807) is 0 Å². The van der Waals surface area contributed by atoms with Crippen molar-refractivity contribution in [2.75, 3.05) is 0 Å². The van der Waals surface area contributed by atoms with E-state index in [1.165, 1.54) is 6.92 Å². The highest BCUT2D eigenvalue weighted by Gasteiger charge is 2.25. The predicted octanol–water partition coefficient (Wildman–Crippen LogP) is -2.17. The van der Waals surface area contributed by atoms with Crippen molar-refractivity contribution in [1.82, 2.24) is 10.6 Å². The highest BCUT2D eigenvalue weighted by molar-refractivity contribution is 5.90. The van der Waals surface area contributed by atoms with Gasteiger partial charge in [0.25, 0.3) is 0 Å². The van der Waals surface area contributed by atoms with Crippen LogP contribution in [0.4, 0.5) is 0 Å². The Bertz CT molecular complexity index is 568. The highest BCUT2D eigenvalue weighted by Crippen LogP contribution is 2.06. The van der Waals surface area contributed by atoms with Crippen LogP contribution in [0.5, 0.6) is 0 Å². The minimum Gasteiger partial charge on any atom is -0.480 e. The van der Waals surface area contributed by atoms with Crippen LogP contribution in [0.25, 0.3) is 0 Å². The Morgan fingerprint density at radius 1 is 0.815 bits per heavy atom. The summed E-state index contributed by atoms with van der Waals surface area (Å²) in [6.07, 6.45) is -0.142. The van der Waals surface area contributed by atoms with Crippen LogP contribution in [0.2, 0.25) is 0 Å². The average Bonchev–Trinajstić information content (AvgIpc) is 2.57. The molecular formula is C15H26N4O8. The summed E-state index contributed by atoms with van der Waals surface area (Å²) in [5.41, 5.74) is 10.7. The third-order valence-electron chi connectivity index (χ3n) is 3.71. The van der Waals surface area contributed by atoms with Crippen LogP contribution in [0, 0.1) is 0 Å². The molecule has 12 nitrogen and oxygen atoms in total. The minimum atomic E-state index is -1.27. The second-order valence-corrected chi connectivity index (χ2v) is 6.05. The maximum absolute atomic E-state index is 12.2. The Morgan fingerprint density at radius 2 is 1.33 bits per heavy atom. The van der Waals surface area contributed by atoms with Crippen LogP contribution < -0.4 is 22.1 Å². The van der Waals surface area contributed by atoms with E-state index < -0.39 is 53.9 Å². The summed E-state index contributed by atoms with van der Waals surface area (Å²) >= 11 is 0. The number of hydrogen-bond donors (Lipinski definition) is 7. The zero-order chi connectivity index (χ0) is 21.1. The van der Waals surface area contributed by atoms with Crippen molar-refractivity contribution >= 4 is 29.7 Å². The minimum absolute atomic E-state index is 0.0237. The molecule has 0 aliphatic heterocycles. The average molecular weight is 390 g/mol. The van der Waals surface area contributed by atoms with Gasteiger partial charge < -0.3 is 37.4 Å². The van der Waals surface area contributed by atoms with E-state index >= 15 is 0 Å².